The highest BCUT2D eigenvalue weighted by Crippen LogP contribution is 2.33. The van der Waals surface area contributed by atoms with Crippen LogP contribution in [0.4, 0.5) is 5.69 Å². The highest BCUT2D eigenvalue weighted by Gasteiger charge is 2.23. The van der Waals surface area contributed by atoms with Crippen LogP contribution in [-0.4, -0.2) is 23.9 Å². The van der Waals surface area contributed by atoms with Crippen molar-refractivity contribution in [1.29, 1.82) is 0 Å². The van der Waals surface area contributed by atoms with Crippen molar-refractivity contribution in [3.63, 3.8) is 0 Å². The van der Waals surface area contributed by atoms with Crippen LogP contribution in [0.3, 0.4) is 0 Å². The van der Waals surface area contributed by atoms with E-state index in [1.807, 2.05) is 42.3 Å². The first-order valence-corrected chi connectivity index (χ1v) is 8.55. The standard InChI is InChI=1S/C20H26N2O/c1-15-13-19(16(2)22(15)18-11-7-8-12-18)20(23)14-21(3)17-9-5-4-6-10-17/h4-6,9-10,13,18H,7-8,11-12,14H2,1-3H3. The van der Waals surface area contributed by atoms with Gasteiger partial charge in [0.1, 0.15) is 0 Å². The van der Waals surface area contributed by atoms with Crippen molar-refractivity contribution < 1.29 is 4.79 Å². The van der Waals surface area contributed by atoms with Crippen molar-refractivity contribution in [1.82, 2.24) is 4.57 Å². The van der Waals surface area contributed by atoms with Gasteiger partial charge in [-0.15, -0.1) is 0 Å². The molecule has 3 heteroatoms. The van der Waals surface area contributed by atoms with Gasteiger partial charge in [-0.1, -0.05) is 31.0 Å². The number of nitrogens with zero attached hydrogens (tertiary/aromatic N) is 2. The maximum Gasteiger partial charge on any atom is 0.183 e. The average Bonchev–Trinajstić information content (AvgIpc) is 3.16. The van der Waals surface area contributed by atoms with Crippen molar-refractivity contribution >= 4 is 11.5 Å². The number of hydrogen-bond acceptors (Lipinski definition) is 2. The van der Waals surface area contributed by atoms with Gasteiger partial charge in [0, 0.05) is 35.7 Å². The van der Waals surface area contributed by atoms with Crippen molar-refractivity contribution in [2.45, 2.75) is 45.6 Å². The molecule has 1 aliphatic rings. The van der Waals surface area contributed by atoms with E-state index >= 15 is 0 Å². The second-order valence-electron chi connectivity index (χ2n) is 6.71. The van der Waals surface area contributed by atoms with Crippen LogP contribution in [-0.2, 0) is 0 Å². The summed E-state index contributed by atoms with van der Waals surface area (Å²) in [6, 6.07) is 12.7. The van der Waals surface area contributed by atoms with E-state index in [9.17, 15) is 4.79 Å². The summed E-state index contributed by atoms with van der Waals surface area (Å²) in [4.78, 5) is 14.8. The molecule has 3 rings (SSSR count). The van der Waals surface area contributed by atoms with Crippen molar-refractivity contribution in [3.05, 3.63) is 53.3 Å². The Bertz CT molecular complexity index is 681. The van der Waals surface area contributed by atoms with E-state index in [4.69, 9.17) is 0 Å². The molecule has 122 valence electrons. The number of anilines is 1. The number of rotatable bonds is 5. The molecular weight excluding hydrogens is 284 g/mol. The lowest BCUT2D eigenvalue weighted by molar-refractivity contribution is 0.0999. The molecule has 1 aromatic carbocycles. The Balaban J connectivity index is 1.79. The summed E-state index contributed by atoms with van der Waals surface area (Å²) >= 11 is 0. The molecule has 0 unspecified atom stereocenters. The molecule has 2 aromatic rings. The van der Waals surface area contributed by atoms with Gasteiger partial charge in [0.05, 0.1) is 6.54 Å². The van der Waals surface area contributed by atoms with Gasteiger partial charge in [-0.25, -0.2) is 0 Å². The van der Waals surface area contributed by atoms with Crippen LogP contribution in [0.5, 0.6) is 0 Å². The lowest BCUT2D eigenvalue weighted by atomic mass is 10.1. The van der Waals surface area contributed by atoms with Crippen LogP contribution in [0.25, 0.3) is 0 Å². The third-order valence-corrected chi connectivity index (χ3v) is 5.05. The van der Waals surface area contributed by atoms with Crippen molar-refractivity contribution in [2.24, 2.45) is 0 Å². The van der Waals surface area contributed by atoms with E-state index in [1.165, 1.54) is 31.4 Å². The minimum absolute atomic E-state index is 0.202. The predicted octanol–water partition coefficient (Wildman–Crippen LogP) is 4.54. The van der Waals surface area contributed by atoms with Gasteiger partial charge in [0.25, 0.3) is 0 Å². The number of carbonyl (C=O) groups is 1. The highest BCUT2D eigenvalue weighted by molar-refractivity contribution is 6.00. The van der Waals surface area contributed by atoms with Crippen LogP contribution in [0, 0.1) is 13.8 Å². The molecule has 0 atom stereocenters. The molecule has 0 radical (unpaired) electrons. The Hall–Kier alpha value is -2.03. The second-order valence-corrected chi connectivity index (χ2v) is 6.71. The predicted molar refractivity (Wildman–Crippen MR) is 95.5 cm³/mol. The molecule has 1 aromatic heterocycles. The number of benzene rings is 1. The number of para-hydroxylation sites is 1. The first-order valence-electron chi connectivity index (χ1n) is 8.55. The number of aryl methyl sites for hydroxylation is 1. The Labute approximate surface area is 138 Å². The van der Waals surface area contributed by atoms with Crippen LogP contribution >= 0.6 is 0 Å². The van der Waals surface area contributed by atoms with Gasteiger partial charge >= 0.3 is 0 Å². The summed E-state index contributed by atoms with van der Waals surface area (Å²) in [6.07, 6.45) is 5.10. The zero-order valence-electron chi connectivity index (χ0n) is 14.4. The summed E-state index contributed by atoms with van der Waals surface area (Å²) in [7, 11) is 1.98. The molecule has 1 aliphatic carbocycles. The van der Waals surface area contributed by atoms with E-state index in [-0.39, 0.29) is 5.78 Å². The summed E-state index contributed by atoms with van der Waals surface area (Å²) in [5, 5.41) is 0. The third-order valence-electron chi connectivity index (χ3n) is 5.05. The molecule has 23 heavy (non-hydrogen) atoms. The van der Waals surface area contributed by atoms with Gasteiger partial charge in [0.2, 0.25) is 0 Å². The number of hydrogen-bond donors (Lipinski definition) is 0. The van der Waals surface area contributed by atoms with Gasteiger partial charge in [-0.3, -0.25) is 4.79 Å². The van der Waals surface area contributed by atoms with Gasteiger partial charge in [-0.2, -0.15) is 0 Å². The topological polar surface area (TPSA) is 25.2 Å². The molecule has 0 amide bonds. The molecular formula is C20H26N2O. The number of Topliss-reactive ketones (excluding diaryl/α,β-unsaturated/α-hetero) is 1. The third kappa shape index (κ3) is 3.19. The van der Waals surface area contributed by atoms with Crippen LogP contribution < -0.4 is 4.90 Å². The molecule has 0 bridgehead atoms. The first kappa shape index (κ1) is 15.9. The summed E-state index contributed by atoms with van der Waals surface area (Å²) < 4.78 is 2.39. The molecule has 0 aliphatic heterocycles. The van der Waals surface area contributed by atoms with E-state index in [1.54, 1.807) is 0 Å². The molecule has 0 saturated heterocycles. The maximum absolute atomic E-state index is 12.8. The molecule has 1 fully saturated rings. The summed E-state index contributed by atoms with van der Waals surface area (Å²) in [6.45, 7) is 4.64. The average molecular weight is 310 g/mol. The lowest BCUT2D eigenvalue weighted by Crippen LogP contribution is -2.26. The first-order chi connectivity index (χ1) is 11.1. The Morgan fingerprint density at radius 2 is 1.83 bits per heavy atom. The number of likely N-dealkylation sites (N-methyl/N-ethyl adjacent to an activating group) is 1. The molecule has 1 saturated carbocycles. The van der Waals surface area contributed by atoms with Crippen LogP contribution in [0.15, 0.2) is 36.4 Å². The Morgan fingerprint density at radius 1 is 1.17 bits per heavy atom. The second kappa shape index (κ2) is 6.61. The summed E-state index contributed by atoms with van der Waals surface area (Å²) in [5.41, 5.74) is 4.32. The zero-order valence-corrected chi connectivity index (χ0v) is 14.4. The number of ketones is 1. The fourth-order valence-corrected chi connectivity index (χ4v) is 3.86. The molecule has 0 N–H and O–H groups in total. The molecule has 1 heterocycles. The van der Waals surface area contributed by atoms with E-state index in [0.717, 1.165) is 16.9 Å². The Morgan fingerprint density at radius 3 is 2.48 bits per heavy atom. The number of aromatic nitrogens is 1. The smallest absolute Gasteiger partial charge is 0.183 e. The van der Waals surface area contributed by atoms with Crippen molar-refractivity contribution in [3.8, 4) is 0 Å². The Kier molecular flexibility index (Phi) is 4.56. The number of carbonyl (C=O) groups excluding carboxylic acids is 1. The van der Waals surface area contributed by atoms with Crippen LogP contribution in [0.1, 0.15) is 53.5 Å². The molecule has 0 spiro atoms. The van der Waals surface area contributed by atoms with Gasteiger partial charge < -0.3 is 9.47 Å². The van der Waals surface area contributed by atoms with Gasteiger partial charge in [-0.05, 0) is 44.9 Å². The van der Waals surface area contributed by atoms with Crippen LogP contribution in [0.2, 0.25) is 0 Å². The quantitative estimate of drug-likeness (QED) is 0.758. The van der Waals surface area contributed by atoms with E-state index < -0.39 is 0 Å². The monoisotopic (exact) mass is 310 g/mol. The SMILES string of the molecule is Cc1cc(C(=O)CN(C)c2ccccc2)c(C)n1C1CCCC1. The largest absolute Gasteiger partial charge is 0.367 e. The van der Waals surface area contributed by atoms with E-state index in [0.29, 0.717) is 12.6 Å². The fourth-order valence-electron chi connectivity index (χ4n) is 3.86. The zero-order chi connectivity index (χ0) is 16.4. The normalized spacial score (nSPS) is 15.1. The van der Waals surface area contributed by atoms with Crippen molar-refractivity contribution in [2.75, 3.05) is 18.5 Å². The maximum atomic E-state index is 12.8. The minimum Gasteiger partial charge on any atom is -0.367 e. The minimum atomic E-state index is 0.202. The van der Waals surface area contributed by atoms with Gasteiger partial charge in [0.15, 0.2) is 5.78 Å². The highest BCUT2D eigenvalue weighted by atomic mass is 16.1. The fraction of sp³-hybridized carbons (Fsp3) is 0.450. The summed E-state index contributed by atoms with van der Waals surface area (Å²) in [5.74, 6) is 0.202. The molecule has 3 nitrogen and oxygen atoms in total. The van der Waals surface area contributed by atoms with E-state index in [2.05, 4.69) is 24.5 Å². The lowest BCUT2D eigenvalue weighted by Gasteiger charge is -2.19.